The summed E-state index contributed by atoms with van der Waals surface area (Å²) in [7, 11) is 0. The van der Waals surface area contributed by atoms with Crippen LogP contribution in [0.5, 0.6) is 0 Å². The number of amides is 1. The molecule has 8 heteroatoms. The molecule has 0 unspecified atom stereocenters. The van der Waals surface area contributed by atoms with Crippen molar-refractivity contribution in [3.8, 4) is 0 Å². The lowest BCUT2D eigenvalue weighted by Crippen LogP contribution is -2.13. The zero-order valence-corrected chi connectivity index (χ0v) is 13.6. The van der Waals surface area contributed by atoms with Gasteiger partial charge in [-0.2, -0.15) is 0 Å². The molecule has 0 spiro atoms. The van der Waals surface area contributed by atoms with Crippen molar-refractivity contribution >= 4 is 38.8 Å². The summed E-state index contributed by atoms with van der Waals surface area (Å²) in [5.74, 6) is 0.856. The van der Waals surface area contributed by atoms with Crippen molar-refractivity contribution in [3.63, 3.8) is 0 Å². The van der Waals surface area contributed by atoms with Gasteiger partial charge in [0.2, 0.25) is 5.13 Å². The van der Waals surface area contributed by atoms with Gasteiger partial charge < -0.3 is 5.32 Å². The number of nitrogens with one attached hydrogen (secondary N) is 2. The second-order valence-corrected chi connectivity index (χ2v) is 7.35. The van der Waals surface area contributed by atoms with E-state index >= 15 is 0 Å². The number of nitrogens with zero attached hydrogens (tertiary/aromatic N) is 3. The van der Waals surface area contributed by atoms with E-state index in [0.717, 1.165) is 16.7 Å². The van der Waals surface area contributed by atoms with Gasteiger partial charge in [-0.3, -0.25) is 10.1 Å². The molecule has 1 aliphatic rings. The van der Waals surface area contributed by atoms with Crippen LogP contribution in [-0.4, -0.2) is 27.6 Å². The first-order valence-electron chi connectivity index (χ1n) is 6.96. The van der Waals surface area contributed by atoms with Gasteiger partial charge in [0, 0.05) is 17.8 Å². The van der Waals surface area contributed by atoms with Gasteiger partial charge in [0.25, 0.3) is 5.91 Å². The first-order valence-corrected chi connectivity index (χ1v) is 8.65. The van der Waals surface area contributed by atoms with Gasteiger partial charge in [0.15, 0.2) is 5.13 Å². The topological polar surface area (TPSA) is 79.8 Å². The fourth-order valence-electron chi connectivity index (χ4n) is 1.69. The fraction of sp³-hybridized carbons (Fsp3) is 0.538. The van der Waals surface area contributed by atoms with Crippen LogP contribution in [0.1, 0.15) is 48.1 Å². The van der Waals surface area contributed by atoms with Gasteiger partial charge in [-0.25, -0.2) is 4.98 Å². The van der Waals surface area contributed by atoms with Crippen LogP contribution in [0, 0.1) is 5.92 Å². The summed E-state index contributed by atoms with van der Waals surface area (Å²) in [6.45, 7) is 5.10. The van der Waals surface area contributed by atoms with E-state index in [2.05, 4.69) is 39.7 Å². The van der Waals surface area contributed by atoms with Crippen molar-refractivity contribution in [1.82, 2.24) is 15.2 Å². The van der Waals surface area contributed by atoms with Crippen LogP contribution in [0.25, 0.3) is 0 Å². The fourth-order valence-corrected chi connectivity index (χ4v) is 3.30. The van der Waals surface area contributed by atoms with E-state index in [1.54, 1.807) is 5.38 Å². The highest BCUT2D eigenvalue weighted by Crippen LogP contribution is 2.42. The molecular formula is C13H17N5OS2. The largest absolute Gasteiger partial charge is 0.361 e. The zero-order chi connectivity index (χ0) is 14.8. The Labute approximate surface area is 131 Å². The van der Waals surface area contributed by atoms with Crippen LogP contribution in [0.15, 0.2) is 5.38 Å². The molecule has 112 valence electrons. The first-order chi connectivity index (χ1) is 10.1. The molecule has 1 saturated carbocycles. The summed E-state index contributed by atoms with van der Waals surface area (Å²) in [6, 6.07) is 0. The van der Waals surface area contributed by atoms with Crippen LogP contribution in [0.4, 0.5) is 10.3 Å². The molecular weight excluding hydrogens is 306 g/mol. The molecule has 0 aromatic carbocycles. The monoisotopic (exact) mass is 323 g/mol. The summed E-state index contributed by atoms with van der Waals surface area (Å²) in [4.78, 5) is 16.4. The molecule has 0 atom stereocenters. The number of carbonyl (C=O) groups excluding carboxylic acids is 1. The lowest BCUT2D eigenvalue weighted by Gasteiger charge is -2.04. The molecule has 1 aliphatic carbocycles. The molecule has 2 heterocycles. The van der Waals surface area contributed by atoms with Crippen molar-refractivity contribution in [1.29, 1.82) is 0 Å². The number of rotatable bonds is 6. The predicted octanol–water partition coefficient (Wildman–Crippen LogP) is 3.19. The van der Waals surface area contributed by atoms with Gasteiger partial charge >= 0.3 is 0 Å². The quantitative estimate of drug-likeness (QED) is 0.853. The molecule has 3 rings (SSSR count). The lowest BCUT2D eigenvalue weighted by molar-refractivity contribution is 0.102. The van der Waals surface area contributed by atoms with E-state index in [4.69, 9.17) is 0 Å². The highest BCUT2D eigenvalue weighted by molar-refractivity contribution is 7.15. The molecule has 2 aromatic rings. The normalized spacial score (nSPS) is 14.4. The molecule has 0 saturated heterocycles. The third-order valence-electron chi connectivity index (χ3n) is 2.99. The van der Waals surface area contributed by atoms with Crippen molar-refractivity contribution < 1.29 is 4.79 Å². The molecule has 2 aromatic heterocycles. The number of anilines is 2. The van der Waals surface area contributed by atoms with E-state index in [0.29, 0.717) is 22.7 Å². The molecule has 0 radical (unpaired) electrons. The summed E-state index contributed by atoms with van der Waals surface area (Å²) < 4.78 is 0. The third kappa shape index (κ3) is 3.76. The molecule has 1 amide bonds. The Balaban J connectivity index is 1.59. The number of hydrogen-bond acceptors (Lipinski definition) is 7. The number of hydrogen-bond donors (Lipinski definition) is 2. The Morgan fingerprint density at radius 3 is 2.90 bits per heavy atom. The summed E-state index contributed by atoms with van der Waals surface area (Å²) >= 11 is 2.89. The van der Waals surface area contributed by atoms with Crippen LogP contribution < -0.4 is 10.6 Å². The maximum absolute atomic E-state index is 12.1. The summed E-state index contributed by atoms with van der Waals surface area (Å²) in [6.07, 6.45) is 2.36. The van der Waals surface area contributed by atoms with E-state index in [-0.39, 0.29) is 5.91 Å². The molecule has 1 fully saturated rings. The van der Waals surface area contributed by atoms with Crippen molar-refractivity contribution in [2.24, 2.45) is 5.92 Å². The van der Waals surface area contributed by atoms with Crippen molar-refractivity contribution in [3.05, 3.63) is 16.1 Å². The van der Waals surface area contributed by atoms with Gasteiger partial charge in [-0.05, 0) is 18.8 Å². The third-order valence-corrected chi connectivity index (χ3v) is 4.79. The molecule has 6 nitrogen and oxygen atoms in total. The first kappa shape index (κ1) is 14.4. The van der Waals surface area contributed by atoms with E-state index in [9.17, 15) is 4.79 Å². The average Bonchev–Trinajstić information content (AvgIpc) is 3.01. The van der Waals surface area contributed by atoms with Gasteiger partial charge in [0.1, 0.15) is 10.7 Å². The highest BCUT2D eigenvalue weighted by atomic mass is 32.1. The Bertz CT molecular complexity index is 632. The zero-order valence-electron chi connectivity index (χ0n) is 11.9. The van der Waals surface area contributed by atoms with Crippen LogP contribution in [0.3, 0.4) is 0 Å². The summed E-state index contributed by atoms with van der Waals surface area (Å²) in [5.41, 5.74) is 0.412. The van der Waals surface area contributed by atoms with Crippen molar-refractivity contribution in [2.45, 2.75) is 32.6 Å². The van der Waals surface area contributed by atoms with Gasteiger partial charge in [-0.1, -0.05) is 25.2 Å². The maximum atomic E-state index is 12.1. The van der Waals surface area contributed by atoms with Crippen molar-refractivity contribution in [2.75, 3.05) is 17.2 Å². The standard InChI is InChI=1S/C13H17N5OS2/c1-7(2)5-14-12-15-9(6-20-12)10(19)16-13-18-17-11(21-13)8-3-4-8/h6-8H,3-5H2,1-2H3,(H,14,15)(H,16,18,19). The minimum absolute atomic E-state index is 0.234. The van der Waals surface area contributed by atoms with Crippen LogP contribution in [0.2, 0.25) is 0 Å². The Morgan fingerprint density at radius 1 is 1.38 bits per heavy atom. The SMILES string of the molecule is CC(C)CNc1nc(C(=O)Nc2nnc(C3CC3)s2)cs1. The van der Waals surface area contributed by atoms with Gasteiger partial charge in [-0.15, -0.1) is 21.5 Å². The van der Waals surface area contributed by atoms with Crippen LogP contribution >= 0.6 is 22.7 Å². The smallest absolute Gasteiger partial charge is 0.277 e. The molecule has 21 heavy (non-hydrogen) atoms. The molecule has 2 N–H and O–H groups in total. The second kappa shape index (κ2) is 6.07. The predicted molar refractivity (Wildman–Crippen MR) is 85.3 cm³/mol. The Kier molecular flexibility index (Phi) is 4.16. The van der Waals surface area contributed by atoms with E-state index in [1.165, 1.54) is 35.5 Å². The number of aromatic nitrogens is 3. The Morgan fingerprint density at radius 2 is 2.19 bits per heavy atom. The molecule has 0 aliphatic heterocycles. The van der Waals surface area contributed by atoms with Crippen LogP contribution in [-0.2, 0) is 0 Å². The maximum Gasteiger partial charge on any atom is 0.277 e. The average molecular weight is 323 g/mol. The molecule has 0 bridgehead atoms. The second-order valence-electron chi connectivity index (χ2n) is 5.49. The highest BCUT2D eigenvalue weighted by Gasteiger charge is 2.27. The van der Waals surface area contributed by atoms with E-state index < -0.39 is 0 Å². The minimum atomic E-state index is -0.234. The minimum Gasteiger partial charge on any atom is -0.361 e. The number of carbonyl (C=O) groups is 1. The summed E-state index contributed by atoms with van der Waals surface area (Å²) in [5, 5.41) is 18.2. The lowest BCUT2D eigenvalue weighted by atomic mass is 10.2. The number of thiazole rings is 1. The Hall–Kier alpha value is -1.54. The van der Waals surface area contributed by atoms with Gasteiger partial charge in [0.05, 0.1) is 0 Å². The van der Waals surface area contributed by atoms with E-state index in [1.807, 2.05) is 0 Å².